The maximum Gasteiger partial charge on any atom is 0.279 e. The number of H-pyrrole nitrogens is 2. The minimum absolute atomic E-state index is 0.157. The summed E-state index contributed by atoms with van der Waals surface area (Å²) >= 11 is 4.97. The molecule has 2 N–H and O–H groups in total. The van der Waals surface area contributed by atoms with Gasteiger partial charge in [0.05, 0.1) is 11.0 Å². The maximum atomic E-state index is 12.1. The summed E-state index contributed by atoms with van der Waals surface area (Å²) in [4.78, 5) is 26.6. The van der Waals surface area contributed by atoms with Crippen LogP contribution in [0.25, 0.3) is 43.7 Å². The summed E-state index contributed by atoms with van der Waals surface area (Å²) in [6.45, 7) is 0. The van der Waals surface area contributed by atoms with Gasteiger partial charge in [0, 0.05) is 16.2 Å². The molecular weight excluding hydrogens is 296 g/mol. The predicted octanol–water partition coefficient (Wildman–Crippen LogP) is 3.27. The van der Waals surface area contributed by atoms with E-state index in [-0.39, 0.29) is 15.8 Å². The highest BCUT2D eigenvalue weighted by molar-refractivity contribution is 7.71. The van der Waals surface area contributed by atoms with Crippen molar-refractivity contribution in [3.8, 4) is 0 Å². The fourth-order valence-corrected chi connectivity index (χ4v) is 3.30. The van der Waals surface area contributed by atoms with Crippen molar-refractivity contribution < 1.29 is 0 Å². The second-order valence-electron chi connectivity index (χ2n) is 5.24. The Bertz CT molecular complexity index is 1310. The van der Waals surface area contributed by atoms with E-state index in [9.17, 15) is 4.79 Å². The minimum atomic E-state index is -0.322. The van der Waals surface area contributed by atoms with Gasteiger partial charge in [0.25, 0.3) is 5.56 Å². The highest BCUT2D eigenvalue weighted by Gasteiger charge is 2.15. The second kappa shape index (κ2) is 3.86. The van der Waals surface area contributed by atoms with Crippen LogP contribution in [0.4, 0.5) is 0 Å². The lowest BCUT2D eigenvalue weighted by atomic mass is 10.1. The number of aromatic amines is 2. The molecule has 0 aliphatic rings. The standard InChI is InChI=1S/C16H8N4OS/c21-15-13-14(19-16(22)20-15)18-12-9-6-2-4-7-3-1-5-8(10(7)9)11(12)17-13/h1-6H,(H2,18,19,20,21,22). The van der Waals surface area contributed by atoms with E-state index >= 15 is 0 Å². The van der Waals surface area contributed by atoms with Gasteiger partial charge < -0.3 is 4.98 Å². The van der Waals surface area contributed by atoms with E-state index in [0.29, 0.717) is 5.65 Å². The van der Waals surface area contributed by atoms with Crippen molar-refractivity contribution in [2.75, 3.05) is 0 Å². The number of benzene rings is 2. The Morgan fingerprint density at radius 2 is 1.68 bits per heavy atom. The molecule has 0 spiro atoms. The van der Waals surface area contributed by atoms with Gasteiger partial charge in [-0.05, 0) is 17.6 Å². The van der Waals surface area contributed by atoms with Gasteiger partial charge in [0.15, 0.2) is 11.2 Å². The number of nitrogens with one attached hydrogen (secondary N) is 2. The van der Waals surface area contributed by atoms with Gasteiger partial charge in [-0.2, -0.15) is 0 Å². The summed E-state index contributed by atoms with van der Waals surface area (Å²) < 4.78 is 0.157. The van der Waals surface area contributed by atoms with Gasteiger partial charge in [-0.1, -0.05) is 36.4 Å². The van der Waals surface area contributed by atoms with E-state index in [2.05, 4.69) is 32.1 Å². The van der Waals surface area contributed by atoms with Crippen molar-refractivity contribution in [3.63, 3.8) is 0 Å². The number of nitrogens with zero attached hydrogens (tertiary/aromatic N) is 2. The normalized spacial score (nSPS) is 12.0. The Kier molecular flexibility index (Phi) is 2.07. The molecule has 5 rings (SSSR count). The molecule has 6 heteroatoms. The van der Waals surface area contributed by atoms with Crippen LogP contribution in [0.5, 0.6) is 0 Å². The molecule has 5 nitrogen and oxygen atoms in total. The van der Waals surface area contributed by atoms with Crippen molar-refractivity contribution in [1.82, 2.24) is 19.9 Å². The lowest BCUT2D eigenvalue weighted by Crippen LogP contribution is -2.10. The molecule has 0 aliphatic heterocycles. The Hall–Kier alpha value is -2.86. The van der Waals surface area contributed by atoms with E-state index in [1.807, 2.05) is 24.3 Å². The molecule has 0 radical (unpaired) electrons. The molecule has 0 unspecified atom stereocenters. The molecule has 22 heavy (non-hydrogen) atoms. The van der Waals surface area contributed by atoms with Crippen LogP contribution in [0.15, 0.2) is 41.2 Å². The van der Waals surface area contributed by atoms with Crippen LogP contribution in [0.1, 0.15) is 0 Å². The van der Waals surface area contributed by atoms with E-state index in [1.54, 1.807) is 0 Å². The average molecular weight is 304 g/mol. The Morgan fingerprint density at radius 3 is 2.50 bits per heavy atom. The zero-order valence-corrected chi connectivity index (χ0v) is 12.0. The van der Waals surface area contributed by atoms with Crippen molar-refractivity contribution in [1.29, 1.82) is 0 Å². The van der Waals surface area contributed by atoms with Gasteiger partial charge in [0.2, 0.25) is 4.77 Å². The quantitative estimate of drug-likeness (QED) is 0.431. The summed E-state index contributed by atoms with van der Waals surface area (Å²) in [5.74, 6) is 0. The molecule has 0 saturated carbocycles. The summed E-state index contributed by atoms with van der Waals surface area (Å²) in [6, 6.07) is 12.2. The third kappa shape index (κ3) is 1.37. The highest BCUT2D eigenvalue weighted by Crippen LogP contribution is 2.36. The molecule has 0 atom stereocenters. The minimum Gasteiger partial charge on any atom is -0.336 e. The lowest BCUT2D eigenvalue weighted by molar-refractivity contribution is 1.10. The molecule has 2 heterocycles. The zero-order valence-electron chi connectivity index (χ0n) is 11.2. The Morgan fingerprint density at radius 1 is 0.909 bits per heavy atom. The zero-order chi connectivity index (χ0) is 14.8. The number of hydrogen-bond acceptors (Lipinski definition) is 4. The summed E-state index contributed by atoms with van der Waals surface area (Å²) in [5.41, 5.74) is 2.03. The Balaban J connectivity index is 2.18. The molecule has 2 aromatic heterocycles. The van der Waals surface area contributed by atoms with E-state index < -0.39 is 0 Å². The third-order valence-electron chi connectivity index (χ3n) is 4.01. The number of fused-ring (bicyclic) bond motifs is 4. The summed E-state index contributed by atoms with van der Waals surface area (Å²) in [6.07, 6.45) is 0. The maximum absolute atomic E-state index is 12.1. The first-order valence-corrected chi connectivity index (χ1v) is 7.20. The molecule has 0 amide bonds. The van der Waals surface area contributed by atoms with Crippen LogP contribution in [0.3, 0.4) is 0 Å². The van der Waals surface area contributed by atoms with Crippen molar-refractivity contribution in [2.45, 2.75) is 0 Å². The van der Waals surface area contributed by atoms with Gasteiger partial charge in [0.1, 0.15) is 0 Å². The van der Waals surface area contributed by atoms with E-state index in [4.69, 9.17) is 12.2 Å². The summed E-state index contributed by atoms with van der Waals surface area (Å²) in [5, 5.41) is 4.40. The van der Waals surface area contributed by atoms with E-state index in [1.165, 1.54) is 0 Å². The smallest absolute Gasteiger partial charge is 0.279 e. The van der Waals surface area contributed by atoms with Gasteiger partial charge in [-0.25, -0.2) is 9.97 Å². The first-order valence-electron chi connectivity index (χ1n) is 6.79. The highest BCUT2D eigenvalue weighted by atomic mass is 32.1. The molecule has 3 aromatic carbocycles. The molecule has 0 aliphatic carbocycles. The van der Waals surface area contributed by atoms with Crippen molar-refractivity contribution >= 4 is 56.0 Å². The van der Waals surface area contributed by atoms with Gasteiger partial charge in [-0.3, -0.25) is 9.78 Å². The van der Waals surface area contributed by atoms with Crippen LogP contribution >= 0.6 is 12.2 Å². The first kappa shape index (κ1) is 11.8. The molecule has 0 fully saturated rings. The van der Waals surface area contributed by atoms with Crippen LogP contribution in [0, 0.1) is 4.77 Å². The number of aromatic nitrogens is 4. The van der Waals surface area contributed by atoms with Crippen LogP contribution < -0.4 is 5.56 Å². The Labute approximate surface area is 128 Å². The second-order valence-corrected chi connectivity index (χ2v) is 5.62. The molecular formula is C16H8N4OS. The number of hydrogen-bond donors (Lipinski definition) is 2. The van der Waals surface area contributed by atoms with Crippen LogP contribution in [-0.4, -0.2) is 19.9 Å². The monoisotopic (exact) mass is 304 g/mol. The van der Waals surface area contributed by atoms with Gasteiger partial charge >= 0.3 is 0 Å². The third-order valence-corrected chi connectivity index (χ3v) is 4.20. The lowest BCUT2D eigenvalue weighted by Gasteiger charge is -1.98. The van der Waals surface area contributed by atoms with Gasteiger partial charge in [-0.15, -0.1) is 0 Å². The largest absolute Gasteiger partial charge is 0.336 e. The topological polar surface area (TPSA) is 74.4 Å². The SMILES string of the molecule is O=c1[nH]c(=S)nc2[nH]c3c4cccc5cccc(c3nc12)c54. The number of rotatable bonds is 0. The molecule has 0 saturated heterocycles. The van der Waals surface area contributed by atoms with E-state index in [0.717, 1.165) is 32.6 Å². The molecule has 0 bridgehead atoms. The first-order chi connectivity index (χ1) is 10.7. The predicted molar refractivity (Wildman–Crippen MR) is 89.0 cm³/mol. The van der Waals surface area contributed by atoms with Crippen molar-refractivity contribution in [2.24, 2.45) is 0 Å². The van der Waals surface area contributed by atoms with Crippen LogP contribution in [0.2, 0.25) is 0 Å². The summed E-state index contributed by atoms with van der Waals surface area (Å²) in [7, 11) is 0. The fourth-order valence-electron chi connectivity index (χ4n) is 3.12. The van der Waals surface area contributed by atoms with Crippen molar-refractivity contribution in [3.05, 3.63) is 51.5 Å². The fraction of sp³-hybridized carbons (Fsp3) is 0. The molecule has 104 valence electrons. The van der Waals surface area contributed by atoms with Crippen LogP contribution in [-0.2, 0) is 0 Å². The average Bonchev–Trinajstić information content (AvgIpc) is 2.82. The molecule has 5 aromatic rings.